The molecule has 0 aliphatic carbocycles. The number of carbonyl (C=O) groups excluding carboxylic acids is 1. The molecule has 1 aromatic carbocycles. The van der Waals surface area contributed by atoms with Gasteiger partial charge < -0.3 is 16.0 Å². The summed E-state index contributed by atoms with van der Waals surface area (Å²) in [6.45, 7) is 7.46. The summed E-state index contributed by atoms with van der Waals surface area (Å²) < 4.78 is 0. The van der Waals surface area contributed by atoms with Gasteiger partial charge in [-0.1, -0.05) is 19.9 Å². The summed E-state index contributed by atoms with van der Waals surface area (Å²) in [5.41, 5.74) is 7.13. The lowest BCUT2D eigenvalue weighted by Crippen LogP contribution is -2.41. The van der Waals surface area contributed by atoms with Crippen molar-refractivity contribution in [3.8, 4) is 0 Å². The summed E-state index contributed by atoms with van der Waals surface area (Å²) in [4.78, 5) is 14.3. The monoisotopic (exact) mass is 293 g/mol. The summed E-state index contributed by atoms with van der Waals surface area (Å²) in [5, 5.41) is 4.19. The van der Waals surface area contributed by atoms with E-state index in [4.69, 9.17) is 5.73 Å². The molecule has 20 heavy (non-hydrogen) atoms. The van der Waals surface area contributed by atoms with Crippen molar-refractivity contribution < 1.29 is 4.79 Å². The number of nitrogens with one attached hydrogen (secondary N) is 1. The zero-order chi connectivity index (χ0) is 14.5. The number of nitrogens with zero attached hydrogens (tertiary/aromatic N) is 1. The van der Waals surface area contributed by atoms with Gasteiger partial charge in [-0.2, -0.15) is 11.8 Å². The molecule has 2 unspecified atom stereocenters. The first-order valence-corrected chi connectivity index (χ1v) is 8.00. The van der Waals surface area contributed by atoms with E-state index in [-0.39, 0.29) is 5.91 Å². The molecular formula is C15H23N3OS. The van der Waals surface area contributed by atoms with Gasteiger partial charge in [0.15, 0.2) is 0 Å². The summed E-state index contributed by atoms with van der Waals surface area (Å²) in [7, 11) is 0. The van der Waals surface area contributed by atoms with Crippen LogP contribution < -0.4 is 11.1 Å². The molecule has 1 aromatic rings. The van der Waals surface area contributed by atoms with Crippen LogP contribution in [-0.2, 0) is 4.79 Å². The van der Waals surface area contributed by atoms with E-state index in [2.05, 4.69) is 24.1 Å². The molecule has 1 amide bonds. The number of carbonyl (C=O) groups is 1. The molecule has 0 spiro atoms. The van der Waals surface area contributed by atoms with Gasteiger partial charge >= 0.3 is 0 Å². The van der Waals surface area contributed by atoms with Crippen molar-refractivity contribution in [1.82, 2.24) is 4.90 Å². The molecule has 1 heterocycles. The van der Waals surface area contributed by atoms with Crippen molar-refractivity contribution in [2.24, 2.45) is 0 Å². The highest BCUT2D eigenvalue weighted by Gasteiger charge is 2.22. The maximum absolute atomic E-state index is 11.9. The molecule has 3 N–H and O–H groups in total. The van der Waals surface area contributed by atoms with Crippen LogP contribution in [0, 0.1) is 0 Å². The predicted molar refractivity (Wildman–Crippen MR) is 87.1 cm³/mol. The molecule has 110 valence electrons. The average Bonchev–Trinajstić information content (AvgIpc) is 2.35. The number of nitrogen functional groups attached to an aromatic ring is 1. The Balaban J connectivity index is 1.77. The van der Waals surface area contributed by atoms with Gasteiger partial charge in [0, 0.05) is 47.9 Å². The molecule has 2 atom stereocenters. The summed E-state index contributed by atoms with van der Waals surface area (Å²) in [6.07, 6.45) is 0.527. The lowest BCUT2D eigenvalue weighted by atomic mass is 10.2. The number of rotatable bonds is 4. The minimum Gasteiger partial charge on any atom is -0.399 e. The Morgan fingerprint density at radius 3 is 2.75 bits per heavy atom. The van der Waals surface area contributed by atoms with Crippen molar-refractivity contribution in [1.29, 1.82) is 0 Å². The van der Waals surface area contributed by atoms with Gasteiger partial charge in [-0.25, -0.2) is 0 Å². The first kappa shape index (κ1) is 15.2. The van der Waals surface area contributed by atoms with E-state index in [0.29, 0.717) is 22.6 Å². The fraction of sp³-hybridized carbons (Fsp3) is 0.533. The number of benzene rings is 1. The van der Waals surface area contributed by atoms with Crippen LogP contribution in [0.3, 0.4) is 0 Å². The van der Waals surface area contributed by atoms with Crippen molar-refractivity contribution >= 4 is 29.0 Å². The molecule has 0 aromatic heterocycles. The van der Waals surface area contributed by atoms with Crippen LogP contribution in [-0.4, -0.2) is 40.9 Å². The normalized spacial score (nSPS) is 23.5. The van der Waals surface area contributed by atoms with Crippen LogP contribution in [0.4, 0.5) is 11.4 Å². The Hall–Kier alpha value is -1.20. The van der Waals surface area contributed by atoms with Gasteiger partial charge in [-0.05, 0) is 18.2 Å². The smallest absolute Gasteiger partial charge is 0.225 e. The highest BCUT2D eigenvalue weighted by molar-refractivity contribution is 8.00. The molecule has 5 heteroatoms. The molecule has 1 fully saturated rings. The molecule has 1 saturated heterocycles. The second kappa shape index (κ2) is 6.99. The summed E-state index contributed by atoms with van der Waals surface area (Å²) in [5.74, 6) is 0.0501. The minimum absolute atomic E-state index is 0.0501. The Kier molecular flexibility index (Phi) is 5.31. The molecular weight excluding hydrogens is 270 g/mol. The molecule has 0 radical (unpaired) electrons. The Morgan fingerprint density at radius 2 is 2.10 bits per heavy atom. The minimum atomic E-state index is 0.0501. The quantitative estimate of drug-likeness (QED) is 0.837. The average molecular weight is 293 g/mol. The van der Waals surface area contributed by atoms with Crippen molar-refractivity contribution in [3.63, 3.8) is 0 Å². The fourth-order valence-electron chi connectivity index (χ4n) is 2.57. The van der Waals surface area contributed by atoms with Gasteiger partial charge in [0.1, 0.15) is 0 Å². The highest BCUT2D eigenvalue weighted by Crippen LogP contribution is 2.24. The maximum Gasteiger partial charge on any atom is 0.225 e. The lowest BCUT2D eigenvalue weighted by molar-refractivity contribution is -0.116. The third-order valence-corrected chi connectivity index (χ3v) is 4.55. The number of thioether (sulfide) groups is 1. The fourth-order valence-corrected chi connectivity index (χ4v) is 3.95. The molecule has 2 rings (SSSR count). The number of anilines is 2. The van der Waals surface area contributed by atoms with E-state index in [9.17, 15) is 4.79 Å². The first-order chi connectivity index (χ1) is 9.52. The van der Waals surface area contributed by atoms with Crippen molar-refractivity contribution in [3.05, 3.63) is 24.3 Å². The van der Waals surface area contributed by atoms with Crippen molar-refractivity contribution in [2.75, 3.05) is 30.7 Å². The van der Waals surface area contributed by atoms with Crippen LogP contribution in [0.5, 0.6) is 0 Å². The van der Waals surface area contributed by atoms with E-state index >= 15 is 0 Å². The Labute approximate surface area is 125 Å². The Morgan fingerprint density at radius 1 is 1.40 bits per heavy atom. The number of hydrogen-bond acceptors (Lipinski definition) is 4. The van der Waals surface area contributed by atoms with E-state index in [1.54, 1.807) is 6.07 Å². The molecule has 1 aliphatic rings. The topological polar surface area (TPSA) is 58.4 Å². The van der Waals surface area contributed by atoms with Crippen molar-refractivity contribution in [2.45, 2.75) is 30.8 Å². The number of amides is 1. The predicted octanol–water partition coefficient (Wildman–Crippen LogP) is 2.42. The number of hydrogen-bond donors (Lipinski definition) is 2. The van der Waals surface area contributed by atoms with E-state index in [1.807, 2.05) is 30.0 Å². The van der Waals surface area contributed by atoms with Gasteiger partial charge in [0.2, 0.25) is 5.91 Å². The standard InChI is InChI=1S/C15H23N3OS/c1-11-9-18(10-12(2)20-11)7-6-15(19)17-14-5-3-4-13(16)8-14/h3-5,8,11-12H,6-7,9-10,16H2,1-2H3,(H,17,19). The van der Waals surface area contributed by atoms with Gasteiger partial charge in [-0.15, -0.1) is 0 Å². The van der Waals surface area contributed by atoms with Crippen LogP contribution in [0.25, 0.3) is 0 Å². The van der Waals surface area contributed by atoms with Gasteiger partial charge in [0.05, 0.1) is 0 Å². The Bertz CT molecular complexity index is 456. The summed E-state index contributed by atoms with van der Waals surface area (Å²) >= 11 is 2.03. The SMILES string of the molecule is CC1CN(CCC(=O)Nc2cccc(N)c2)CC(C)S1. The maximum atomic E-state index is 11.9. The van der Waals surface area contributed by atoms with E-state index < -0.39 is 0 Å². The second-order valence-corrected chi connectivity index (χ2v) is 7.32. The van der Waals surface area contributed by atoms with Crippen LogP contribution in [0.15, 0.2) is 24.3 Å². The highest BCUT2D eigenvalue weighted by atomic mass is 32.2. The van der Waals surface area contributed by atoms with E-state index in [0.717, 1.165) is 25.3 Å². The zero-order valence-corrected chi connectivity index (χ0v) is 13.0. The van der Waals surface area contributed by atoms with Crippen LogP contribution in [0.1, 0.15) is 20.3 Å². The van der Waals surface area contributed by atoms with Gasteiger partial charge in [0.25, 0.3) is 0 Å². The van der Waals surface area contributed by atoms with Gasteiger partial charge in [-0.3, -0.25) is 4.79 Å². The largest absolute Gasteiger partial charge is 0.399 e. The molecule has 0 bridgehead atoms. The molecule has 0 saturated carbocycles. The third kappa shape index (κ3) is 4.72. The molecule has 1 aliphatic heterocycles. The molecule has 4 nitrogen and oxygen atoms in total. The number of nitrogens with two attached hydrogens (primary N) is 1. The summed E-state index contributed by atoms with van der Waals surface area (Å²) in [6, 6.07) is 7.29. The third-order valence-electron chi connectivity index (χ3n) is 3.32. The zero-order valence-electron chi connectivity index (χ0n) is 12.1. The lowest BCUT2D eigenvalue weighted by Gasteiger charge is -2.34. The second-order valence-electron chi connectivity index (χ2n) is 5.44. The van der Waals surface area contributed by atoms with Crippen LogP contribution in [0.2, 0.25) is 0 Å². The van der Waals surface area contributed by atoms with E-state index in [1.165, 1.54) is 0 Å². The van der Waals surface area contributed by atoms with Crippen LogP contribution >= 0.6 is 11.8 Å². The first-order valence-electron chi connectivity index (χ1n) is 7.06.